The molecule has 2 rings (SSSR count). The fourth-order valence-corrected chi connectivity index (χ4v) is 4.10. The molecule has 0 bridgehead atoms. The highest BCUT2D eigenvalue weighted by atomic mass is 79.9. The number of rotatable bonds is 3. The number of hydrogen-bond donors (Lipinski definition) is 2. The highest BCUT2D eigenvalue weighted by Gasteiger charge is 2.27. The SMILES string of the molecule is CC1CC(NS(=O)(=O)c2cc(Br)c(F)cc2F)CCN1.Cl. The Labute approximate surface area is 137 Å². The minimum absolute atomic E-state index is 0. The highest BCUT2D eigenvalue weighted by Crippen LogP contribution is 2.24. The normalized spacial score (nSPS) is 22.7. The Balaban J connectivity index is 0.00000220. The summed E-state index contributed by atoms with van der Waals surface area (Å²) < 4.78 is 53.6. The van der Waals surface area contributed by atoms with Crippen molar-refractivity contribution in [3.63, 3.8) is 0 Å². The van der Waals surface area contributed by atoms with E-state index in [4.69, 9.17) is 0 Å². The van der Waals surface area contributed by atoms with Crippen molar-refractivity contribution < 1.29 is 17.2 Å². The fourth-order valence-electron chi connectivity index (χ4n) is 2.23. The van der Waals surface area contributed by atoms with Crippen molar-refractivity contribution in [3.05, 3.63) is 28.2 Å². The second-order valence-corrected chi connectivity index (χ2v) is 7.43. The minimum Gasteiger partial charge on any atom is -0.314 e. The molecule has 4 nitrogen and oxygen atoms in total. The third-order valence-electron chi connectivity index (χ3n) is 3.21. The molecule has 2 N–H and O–H groups in total. The van der Waals surface area contributed by atoms with Gasteiger partial charge < -0.3 is 5.32 Å². The Hall–Kier alpha value is -0.280. The van der Waals surface area contributed by atoms with Crippen molar-refractivity contribution in [1.82, 2.24) is 10.0 Å². The van der Waals surface area contributed by atoms with Gasteiger partial charge in [-0.15, -0.1) is 12.4 Å². The van der Waals surface area contributed by atoms with Crippen LogP contribution in [0.2, 0.25) is 0 Å². The lowest BCUT2D eigenvalue weighted by Gasteiger charge is -2.28. The number of hydrogen-bond acceptors (Lipinski definition) is 3. The summed E-state index contributed by atoms with van der Waals surface area (Å²) in [6, 6.07) is 1.45. The number of halogens is 4. The number of benzene rings is 1. The summed E-state index contributed by atoms with van der Waals surface area (Å²) in [7, 11) is -4.00. The van der Waals surface area contributed by atoms with Crippen molar-refractivity contribution in [2.24, 2.45) is 0 Å². The molecule has 1 aliphatic rings. The van der Waals surface area contributed by atoms with Crippen LogP contribution in [0.1, 0.15) is 19.8 Å². The molecule has 0 saturated carbocycles. The number of sulfonamides is 1. The van der Waals surface area contributed by atoms with Gasteiger partial charge in [0.1, 0.15) is 16.5 Å². The van der Waals surface area contributed by atoms with Crippen molar-refractivity contribution in [1.29, 1.82) is 0 Å². The maximum atomic E-state index is 13.7. The lowest BCUT2D eigenvalue weighted by molar-refractivity contribution is 0.361. The first-order valence-electron chi connectivity index (χ1n) is 6.20. The summed E-state index contributed by atoms with van der Waals surface area (Å²) in [6.07, 6.45) is 1.26. The molecule has 21 heavy (non-hydrogen) atoms. The summed E-state index contributed by atoms with van der Waals surface area (Å²) in [6.45, 7) is 2.65. The fraction of sp³-hybridized carbons (Fsp3) is 0.500. The average Bonchev–Trinajstić information content (AvgIpc) is 2.33. The lowest BCUT2D eigenvalue weighted by Crippen LogP contribution is -2.46. The molecule has 1 fully saturated rings. The lowest BCUT2D eigenvalue weighted by atomic mass is 10.0. The topological polar surface area (TPSA) is 58.2 Å². The average molecular weight is 406 g/mol. The zero-order valence-electron chi connectivity index (χ0n) is 11.2. The van der Waals surface area contributed by atoms with Gasteiger partial charge in [-0.3, -0.25) is 0 Å². The van der Waals surface area contributed by atoms with Crippen LogP contribution < -0.4 is 10.0 Å². The summed E-state index contributed by atoms with van der Waals surface area (Å²) in [4.78, 5) is -0.544. The first-order chi connectivity index (χ1) is 9.29. The van der Waals surface area contributed by atoms with E-state index in [1.54, 1.807) is 0 Å². The van der Waals surface area contributed by atoms with Crippen LogP contribution in [0.25, 0.3) is 0 Å². The predicted octanol–water partition coefficient (Wildman–Crippen LogP) is 2.57. The second kappa shape index (κ2) is 7.32. The van der Waals surface area contributed by atoms with Crippen LogP contribution in [-0.4, -0.2) is 27.0 Å². The van der Waals surface area contributed by atoms with Crippen LogP contribution >= 0.6 is 28.3 Å². The smallest absolute Gasteiger partial charge is 0.243 e. The van der Waals surface area contributed by atoms with Crippen LogP contribution in [0, 0.1) is 11.6 Å². The largest absolute Gasteiger partial charge is 0.314 e. The third-order valence-corrected chi connectivity index (χ3v) is 5.35. The molecule has 120 valence electrons. The van der Waals surface area contributed by atoms with Gasteiger partial charge in [-0.25, -0.2) is 21.9 Å². The summed E-state index contributed by atoms with van der Waals surface area (Å²) in [5.41, 5.74) is 0. The molecule has 0 radical (unpaired) electrons. The van der Waals surface area contributed by atoms with Crippen molar-refractivity contribution in [2.75, 3.05) is 6.54 Å². The van der Waals surface area contributed by atoms with Gasteiger partial charge in [0.2, 0.25) is 10.0 Å². The molecule has 2 unspecified atom stereocenters. The van der Waals surface area contributed by atoms with E-state index in [2.05, 4.69) is 26.0 Å². The van der Waals surface area contributed by atoms with Crippen molar-refractivity contribution in [3.8, 4) is 0 Å². The zero-order chi connectivity index (χ0) is 14.9. The Morgan fingerprint density at radius 3 is 2.62 bits per heavy atom. The molecule has 0 spiro atoms. The number of nitrogens with one attached hydrogen (secondary N) is 2. The molecule has 1 aromatic carbocycles. The van der Waals surface area contributed by atoms with Crippen LogP contribution in [0.15, 0.2) is 21.5 Å². The van der Waals surface area contributed by atoms with Crippen LogP contribution in [0.4, 0.5) is 8.78 Å². The van der Waals surface area contributed by atoms with E-state index in [1.165, 1.54) is 0 Å². The summed E-state index contributed by atoms with van der Waals surface area (Å²) >= 11 is 2.86. The zero-order valence-corrected chi connectivity index (χ0v) is 14.4. The third kappa shape index (κ3) is 4.59. The van der Waals surface area contributed by atoms with E-state index in [0.29, 0.717) is 25.5 Å². The van der Waals surface area contributed by atoms with Gasteiger partial charge in [0.15, 0.2) is 0 Å². The monoisotopic (exact) mass is 404 g/mol. The van der Waals surface area contributed by atoms with Gasteiger partial charge in [-0.2, -0.15) is 0 Å². The number of piperidine rings is 1. The Bertz CT molecular complexity index is 616. The van der Waals surface area contributed by atoms with Gasteiger partial charge in [0.05, 0.1) is 4.47 Å². The Morgan fingerprint density at radius 1 is 1.33 bits per heavy atom. The highest BCUT2D eigenvalue weighted by molar-refractivity contribution is 9.10. The summed E-state index contributed by atoms with van der Waals surface area (Å²) in [5, 5.41) is 3.20. The maximum absolute atomic E-state index is 13.7. The molecule has 0 aliphatic carbocycles. The molecular weight excluding hydrogens is 390 g/mol. The first kappa shape index (κ1) is 18.8. The van der Waals surface area contributed by atoms with Crippen LogP contribution in [0.5, 0.6) is 0 Å². The van der Waals surface area contributed by atoms with E-state index < -0.39 is 26.6 Å². The molecule has 1 saturated heterocycles. The van der Waals surface area contributed by atoms with Gasteiger partial charge in [-0.1, -0.05) is 0 Å². The van der Waals surface area contributed by atoms with Crippen LogP contribution in [0.3, 0.4) is 0 Å². The maximum Gasteiger partial charge on any atom is 0.243 e. The van der Waals surface area contributed by atoms with E-state index in [9.17, 15) is 17.2 Å². The Morgan fingerprint density at radius 2 is 2.00 bits per heavy atom. The minimum atomic E-state index is -4.00. The molecule has 1 aliphatic heterocycles. The van der Waals surface area contributed by atoms with E-state index in [0.717, 1.165) is 6.07 Å². The van der Waals surface area contributed by atoms with Crippen LogP contribution in [-0.2, 0) is 10.0 Å². The molecule has 9 heteroatoms. The molecule has 0 amide bonds. The van der Waals surface area contributed by atoms with E-state index in [-0.39, 0.29) is 29.0 Å². The van der Waals surface area contributed by atoms with Gasteiger partial charge in [0.25, 0.3) is 0 Å². The molecule has 0 aromatic heterocycles. The Kier molecular flexibility index (Phi) is 6.54. The molecular formula is C12H16BrClF2N2O2S. The standard InChI is InChI=1S/C12H15BrF2N2O2S.ClH/c1-7-4-8(2-3-16-7)17-20(18,19)12-5-9(13)10(14)6-11(12)15;/h5-8,16-17H,2-4H2,1H3;1H. The molecule has 1 aromatic rings. The first-order valence-corrected chi connectivity index (χ1v) is 8.47. The van der Waals surface area contributed by atoms with Crippen molar-refractivity contribution in [2.45, 2.75) is 36.7 Å². The van der Waals surface area contributed by atoms with Crippen molar-refractivity contribution >= 4 is 38.4 Å². The predicted molar refractivity (Wildman–Crippen MR) is 82.1 cm³/mol. The summed E-state index contributed by atoms with van der Waals surface area (Å²) in [5.74, 6) is -1.93. The van der Waals surface area contributed by atoms with Gasteiger partial charge in [-0.05, 0) is 48.3 Å². The molecule has 2 atom stereocenters. The second-order valence-electron chi connectivity index (χ2n) is 4.89. The van der Waals surface area contributed by atoms with Gasteiger partial charge in [0, 0.05) is 18.2 Å². The van der Waals surface area contributed by atoms with Gasteiger partial charge >= 0.3 is 0 Å². The quantitative estimate of drug-likeness (QED) is 0.760. The van der Waals surface area contributed by atoms with E-state index >= 15 is 0 Å². The molecule has 1 heterocycles. The van der Waals surface area contributed by atoms with E-state index in [1.807, 2.05) is 6.92 Å².